The van der Waals surface area contributed by atoms with Gasteiger partial charge in [-0.3, -0.25) is 4.79 Å². The van der Waals surface area contributed by atoms with E-state index in [-0.39, 0.29) is 18.3 Å². The molecule has 0 radical (unpaired) electrons. The van der Waals surface area contributed by atoms with Crippen LogP contribution in [-0.4, -0.2) is 17.7 Å². The third kappa shape index (κ3) is 6.05. The van der Waals surface area contributed by atoms with Gasteiger partial charge in [-0.1, -0.05) is 37.3 Å². The molecule has 0 unspecified atom stereocenters. The summed E-state index contributed by atoms with van der Waals surface area (Å²) in [6.45, 7) is 4.66. The molecule has 3 aromatic carbocycles. The summed E-state index contributed by atoms with van der Waals surface area (Å²) < 4.78 is 25.0. The first-order chi connectivity index (χ1) is 16.5. The average Bonchev–Trinajstić information content (AvgIpc) is 3.17. The Balaban J connectivity index is 1.49. The Morgan fingerprint density at radius 1 is 0.971 bits per heavy atom. The first kappa shape index (κ1) is 23.6. The van der Waals surface area contributed by atoms with Crippen LogP contribution in [0.4, 0.5) is 10.1 Å². The molecule has 5 nitrogen and oxygen atoms in total. The maximum atomic E-state index is 13.4. The van der Waals surface area contributed by atoms with Gasteiger partial charge in [0.15, 0.2) is 16.7 Å². The zero-order chi connectivity index (χ0) is 23.9. The predicted molar refractivity (Wildman–Crippen MR) is 135 cm³/mol. The van der Waals surface area contributed by atoms with E-state index in [0.717, 1.165) is 23.2 Å². The number of carbonyl (C=O) groups excluding carboxylic acids is 1. The molecule has 0 atom stereocenters. The van der Waals surface area contributed by atoms with Gasteiger partial charge in [-0.25, -0.2) is 9.38 Å². The lowest BCUT2D eigenvalue weighted by Crippen LogP contribution is -2.19. The number of hydrogen-bond donors (Lipinski definition) is 1. The van der Waals surface area contributed by atoms with Crippen molar-refractivity contribution >= 4 is 34.6 Å². The molecule has 1 fully saturated rings. The van der Waals surface area contributed by atoms with Crippen LogP contribution in [0.5, 0.6) is 11.5 Å². The summed E-state index contributed by atoms with van der Waals surface area (Å²) in [6, 6.07) is 19.7. The average molecular weight is 477 g/mol. The van der Waals surface area contributed by atoms with Crippen LogP contribution in [0, 0.1) is 5.82 Å². The van der Waals surface area contributed by atoms with E-state index in [1.165, 1.54) is 29.5 Å². The van der Waals surface area contributed by atoms with Crippen LogP contribution in [0.2, 0.25) is 0 Å². The van der Waals surface area contributed by atoms with Crippen LogP contribution >= 0.6 is 11.8 Å². The molecule has 0 aromatic heterocycles. The number of thioether (sulfide) groups is 1. The summed E-state index contributed by atoms with van der Waals surface area (Å²) in [4.78, 5) is 17.5. The SMILES string of the molecule is CCOc1cc(/C=C2\SC(=Nc3ccc(CC)cc3)NC2=O)ccc1OCc1cccc(F)c1. The van der Waals surface area contributed by atoms with Crippen molar-refractivity contribution in [1.29, 1.82) is 0 Å². The molecule has 0 bridgehead atoms. The number of ether oxygens (including phenoxy) is 2. The van der Waals surface area contributed by atoms with E-state index < -0.39 is 0 Å². The van der Waals surface area contributed by atoms with E-state index in [9.17, 15) is 9.18 Å². The summed E-state index contributed by atoms with van der Waals surface area (Å²) in [5.74, 6) is 0.607. The molecule has 174 valence electrons. The molecule has 0 saturated carbocycles. The Morgan fingerprint density at radius 3 is 2.53 bits per heavy atom. The minimum absolute atomic E-state index is 0.196. The third-order valence-electron chi connectivity index (χ3n) is 5.07. The van der Waals surface area contributed by atoms with Crippen molar-refractivity contribution < 1.29 is 18.7 Å². The van der Waals surface area contributed by atoms with Gasteiger partial charge < -0.3 is 14.8 Å². The monoisotopic (exact) mass is 476 g/mol. The summed E-state index contributed by atoms with van der Waals surface area (Å²) in [7, 11) is 0. The Bertz CT molecular complexity index is 1240. The highest BCUT2D eigenvalue weighted by Crippen LogP contribution is 2.33. The lowest BCUT2D eigenvalue weighted by Gasteiger charge is -2.13. The fourth-order valence-corrected chi connectivity index (χ4v) is 4.19. The van der Waals surface area contributed by atoms with Crippen molar-refractivity contribution in [1.82, 2.24) is 5.32 Å². The van der Waals surface area contributed by atoms with E-state index >= 15 is 0 Å². The molecular formula is C27H25FN2O3S. The number of nitrogens with one attached hydrogen (secondary N) is 1. The van der Waals surface area contributed by atoms with Gasteiger partial charge in [0.05, 0.1) is 17.2 Å². The Kier molecular flexibility index (Phi) is 7.65. The van der Waals surface area contributed by atoms with Gasteiger partial charge in [-0.05, 0) is 84.3 Å². The lowest BCUT2D eigenvalue weighted by molar-refractivity contribution is -0.115. The van der Waals surface area contributed by atoms with Gasteiger partial charge >= 0.3 is 0 Å². The molecule has 1 heterocycles. The molecular weight excluding hydrogens is 451 g/mol. The summed E-state index contributed by atoms with van der Waals surface area (Å²) in [5.41, 5.74) is 3.55. The molecule has 34 heavy (non-hydrogen) atoms. The summed E-state index contributed by atoms with van der Waals surface area (Å²) >= 11 is 1.29. The van der Waals surface area contributed by atoms with E-state index in [2.05, 4.69) is 17.2 Å². The van der Waals surface area contributed by atoms with Gasteiger partial charge in [0.25, 0.3) is 5.91 Å². The zero-order valence-corrected chi connectivity index (χ0v) is 19.8. The quantitative estimate of drug-likeness (QED) is 0.390. The molecule has 3 aromatic rings. The van der Waals surface area contributed by atoms with E-state index in [0.29, 0.717) is 28.2 Å². The zero-order valence-electron chi connectivity index (χ0n) is 19.0. The van der Waals surface area contributed by atoms with E-state index in [1.807, 2.05) is 43.3 Å². The molecule has 1 saturated heterocycles. The van der Waals surface area contributed by atoms with Crippen molar-refractivity contribution in [2.24, 2.45) is 4.99 Å². The number of aliphatic imine (C=N–C) groups is 1. The fourth-order valence-electron chi connectivity index (χ4n) is 3.35. The van der Waals surface area contributed by atoms with Crippen molar-refractivity contribution in [2.45, 2.75) is 26.9 Å². The second-order valence-electron chi connectivity index (χ2n) is 7.56. The molecule has 0 spiro atoms. The van der Waals surface area contributed by atoms with Crippen LogP contribution in [0.25, 0.3) is 6.08 Å². The smallest absolute Gasteiger partial charge is 0.264 e. The van der Waals surface area contributed by atoms with Crippen molar-refractivity contribution in [3.05, 3.63) is 94.1 Å². The first-order valence-electron chi connectivity index (χ1n) is 11.1. The van der Waals surface area contributed by atoms with E-state index in [4.69, 9.17) is 9.47 Å². The van der Waals surface area contributed by atoms with E-state index in [1.54, 1.807) is 24.3 Å². The topological polar surface area (TPSA) is 59.9 Å². The highest BCUT2D eigenvalue weighted by Gasteiger charge is 2.24. The van der Waals surface area contributed by atoms with Crippen LogP contribution < -0.4 is 14.8 Å². The van der Waals surface area contributed by atoms with Gasteiger partial charge in [0, 0.05) is 0 Å². The molecule has 0 aliphatic carbocycles. The number of nitrogens with zero attached hydrogens (tertiary/aromatic N) is 1. The highest BCUT2D eigenvalue weighted by molar-refractivity contribution is 8.18. The minimum atomic E-state index is -0.304. The number of aryl methyl sites for hydroxylation is 1. The third-order valence-corrected chi connectivity index (χ3v) is 5.98. The van der Waals surface area contributed by atoms with Crippen molar-refractivity contribution in [3.63, 3.8) is 0 Å². The second-order valence-corrected chi connectivity index (χ2v) is 8.59. The standard InChI is InChI=1S/C27H25FN2O3S/c1-3-18-8-11-22(12-9-18)29-27-30-26(31)25(34-27)16-19-10-13-23(24(15-19)32-4-2)33-17-20-6-5-7-21(28)14-20/h5-16H,3-4,17H2,1-2H3,(H,29,30,31)/b25-16-. The van der Waals surface area contributed by atoms with Crippen LogP contribution in [0.3, 0.4) is 0 Å². The molecule has 1 amide bonds. The molecule has 7 heteroatoms. The maximum absolute atomic E-state index is 13.4. The van der Waals surface area contributed by atoms with Crippen molar-refractivity contribution in [2.75, 3.05) is 6.61 Å². The summed E-state index contributed by atoms with van der Waals surface area (Å²) in [6.07, 6.45) is 2.76. The number of amidine groups is 1. The largest absolute Gasteiger partial charge is 0.490 e. The summed E-state index contributed by atoms with van der Waals surface area (Å²) in [5, 5.41) is 3.36. The Labute approximate surface area is 202 Å². The predicted octanol–water partition coefficient (Wildman–Crippen LogP) is 6.26. The molecule has 1 N–H and O–H groups in total. The molecule has 1 aliphatic heterocycles. The first-order valence-corrected chi connectivity index (χ1v) is 11.9. The van der Waals surface area contributed by atoms with Crippen molar-refractivity contribution in [3.8, 4) is 11.5 Å². The number of halogens is 1. The number of amides is 1. The second kappa shape index (κ2) is 11.0. The van der Waals surface area contributed by atoms with Crippen LogP contribution in [0.15, 0.2) is 76.6 Å². The van der Waals surface area contributed by atoms with Gasteiger partial charge in [-0.2, -0.15) is 0 Å². The lowest BCUT2D eigenvalue weighted by atomic mass is 10.1. The number of hydrogen-bond acceptors (Lipinski definition) is 5. The normalized spacial score (nSPS) is 15.6. The van der Waals surface area contributed by atoms with Crippen LogP contribution in [0.1, 0.15) is 30.5 Å². The minimum Gasteiger partial charge on any atom is -0.490 e. The van der Waals surface area contributed by atoms with Crippen LogP contribution in [-0.2, 0) is 17.8 Å². The van der Waals surface area contributed by atoms with Gasteiger partial charge in [0.1, 0.15) is 12.4 Å². The fraction of sp³-hybridized carbons (Fsp3) is 0.185. The van der Waals surface area contributed by atoms with Gasteiger partial charge in [0.2, 0.25) is 0 Å². The maximum Gasteiger partial charge on any atom is 0.264 e. The Morgan fingerprint density at radius 2 is 1.79 bits per heavy atom. The highest BCUT2D eigenvalue weighted by atomic mass is 32.2. The molecule has 4 rings (SSSR count). The number of carbonyl (C=O) groups is 1. The van der Waals surface area contributed by atoms with Gasteiger partial charge in [-0.15, -0.1) is 0 Å². The number of benzene rings is 3. The molecule has 1 aliphatic rings. The number of rotatable bonds is 8. The Hall–Kier alpha value is -3.58.